The predicted octanol–water partition coefficient (Wildman–Crippen LogP) is 0.345. The zero-order valence-electron chi connectivity index (χ0n) is 21.5. The minimum atomic E-state index is -1.24. The molecule has 3 rings (SSSR count). The monoisotopic (exact) mass is 534 g/mol. The number of nitrogens with zero attached hydrogens (tertiary/aromatic N) is 1. The van der Waals surface area contributed by atoms with Crippen LogP contribution in [-0.2, 0) is 42.9 Å². The molecule has 1 aromatic carbocycles. The Morgan fingerprint density at radius 1 is 0.895 bits per heavy atom. The number of rotatable bonds is 10. The lowest BCUT2D eigenvalue weighted by molar-refractivity contribution is -0.277. The van der Waals surface area contributed by atoms with Gasteiger partial charge in [0.2, 0.25) is 5.91 Å². The molecule has 0 spiro atoms. The number of imide groups is 1. The molecule has 0 aliphatic carbocycles. The SMILES string of the molecule is CC(=O)N[C@H]1[C@@H](OCCCN2C(=O)c3ccccc3C2=O)O[C@@H](COC(C)=O)[C@@H](OC(C)=O)[C@@H]1OC(C)=O. The van der Waals surface area contributed by atoms with Crippen LogP contribution in [0.4, 0.5) is 0 Å². The number of fused-ring (bicyclic) bond motifs is 1. The maximum atomic E-state index is 12.6. The van der Waals surface area contributed by atoms with Crippen molar-refractivity contribution in [2.75, 3.05) is 19.8 Å². The van der Waals surface area contributed by atoms with Crippen molar-refractivity contribution in [2.24, 2.45) is 0 Å². The van der Waals surface area contributed by atoms with Crippen LogP contribution < -0.4 is 5.32 Å². The van der Waals surface area contributed by atoms with E-state index >= 15 is 0 Å². The van der Waals surface area contributed by atoms with Gasteiger partial charge in [-0.15, -0.1) is 0 Å². The Morgan fingerprint density at radius 2 is 1.47 bits per heavy atom. The molecule has 5 atom stereocenters. The van der Waals surface area contributed by atoms with Gasteiger partial charge in [0.25, 0.3) is 11.8 Å². The summed E-state index contributed by atoms with van der Waals surface area (Å²) in [4.78, 5) is 73.4. The molecule has 0 unspecified atom stereocenters. The van der Waals surface area contributed by atoms with E-state index in [4.69, 9.17) is 23.7 Å². The molecule has 0 saturated carbocycles. The van der Waals surface area contributed by atoms with Crippen molar-refractivity contribution in [3.63, 3.8) is 0 Å². The van der Waals surface area contributed by atoms with Gasteiger partial charge in [-0.05, 0) is 18.6 Å². The number of nitrogens with one attached hydrogen (secondary N) is 1. The largest absolute Gasteiger partial charge is 0.463 e. The summed E-state index contributed by atoms with van der Waals surface area (Å²) in [6.45, 7) is 4.37. The van der Waals surface area contributed by atoms with Crippen molar-refractivity contribution >= 4 is 35.6 Å². The second-order valence-electron chi connectivity index (χ2n) is 8.75. The second-order valence-corrected chi connectivity index (χ2v) is 8.75. The molecule has 38 heavy (non-hydrogen) atoms. The van der Waals surface area contributed by atoms with E-state index in [-0.39, 0.29) is 26.2 Å². The highest BCUT2D eigenvalue weighted by atomic mass is 16.7. The van der Waals surface area contributed by atoms with Crippen LogP contribution >= 0.6 is 0 Å². The zero-order valence-corrected chi connectivity index (χ0v) is 21.5. The molecular weight excluding hydrogens is 504 g/mol. The summed E-state index contributed by atoms with van der Waals surface area (Å²) in [6, 6.07) is 5.41. The lowest BCUT2D eigenvalue weighted by Crippen LogP contribution is -2.66. The van der Waals surface area contributed by atoms with Crippen LogP contribution in [-0.4, -0.2) is 90.9 Å². The molecule has 1 aromatic rings. The molecule has 0 aromatic heterocycles. The first-order valence-electron chi connectivity index (χ1n) is 12.0. The highest BCUT2D eigenvalue weighted by Gasteiger charge is 2.51. The van der Waals surface area contributed by atoms with Crippen LogP contribution in [0.3, 0.4) is 0 Å². The zero-order chi connectivity index (χ0) is 28.0. The number of benzene rings is 1. The molecule has 1 N–H and O–H groups in total. The number of hydrogen-bond acceptors (Lipinski definition) is 11. The summed E-state index contributed by atoms with van der Waals surface area (Å²) >= 11 is 0. The molecule has 0 radical (unpaired) electrons. The smallest absolute Gasteiger partial charge is 0.303 e. The first kappa shape index (κ1) is 28.7. The van der Waals surface area contributed by atoms with E-state index in [1.165, 1.54) is 13.8 Å². The number of esters is 3. The Bertz CT molecular complexity index is 1070. The van der Waals surface area contributed by atoms with E-state index < -0.39 is 66.3 Å². The maximum Gasteiger partial charge on any atom is 0.303 e. The minimum Gasteiger partial charge on any atom is -0.463 e. The standard InChI is InChI=1S/C25H30N2O11/c1-13(28)26-20-22(37-16(4)31)21(36-15(3)30)19(12-35-14(2)29)38-25(20)34-11-7-10-27-23(32)17-8-5-6-9-18(17)24(27)33/h5-6,8-9,19-22,25H,7,10-12H2,1-4H3,(H,26,28)/t19-,20+,21+,22+,25-/m0/s1. The maximum absolute atomic E-state index is 12.6. The lowest BCUT2D eigenvalue weighted by Gasteiger charge is -2.45. The Kier molecular flexibility index (Phi) is 9.53. The summed E-state index contributed by atoms with van der Waals surface area (Å²) < 4.78 is 27.5. The first-order valence-corrected chi connectivity index (χ1v) is 12.0. The quantitative estimate of drug-likeness (QED) is 0.191. The highest BCUT2D eigenvalue weighted by Crippen LogP contribution is 2.28. The number of hydrogen-bond donors (Lipinski definition) is 1. The number of ether oxygens (including phenoxy) is 5. The number of amides is 3. The van der Waals surface area contributed by atoms with E-state index in [0.29, 0.717) is 11.1 Å². The van der Waals surface area contributed by atoms with Crippen molar-refractivity contribution in [3.8, 4) is 0 Å². The van der Waals surface area contributed by atoms with Gasteiger partial charge in [0.05, 0.1) is 17.7 Å². The van der Waals surface area contributed by atoms with E-state index in [0.717, 1.165) is 18.7 Å². The predicted molar refractivity (Wildman–Crippen MR) is 126 cm³/mol. The lowest BCUT2D eigenvalue weighted by atomic mass is 9.96. The fourth-order valence-electron chi connectivity index (χ4n) is 4.30. The summed E-state index contributed by atoms with van der Waals surface area (Å²) in [5.41, 5.74) is 0.655. The van der Waals surface area contributed by atoms with Gasteiger partial charge in [-0.25, -0.2) is 0 Å². The molecule has 1 saturated heterocycles. The average molecular weight is 535 g/mol. The third-order valence-electron chi connectivity index (χ3n) is 5.76. The topological polar surface area (TPSA) is 164 Å². The number of carbonyl (C=O) groups is 6. The van der Waals surface area contributed by atoms with E-state index in [9.17, 15) is 28.8 Å². The first-order chi connectivity index (χ1) is 18.0. The minimum absolute atomic E-state index is 0.0283. The molecule has 206 valence electrons. The summed E-state index contributed by atoms with van der Waals surface area (Å²) in [5, 5.41) is 2.60. The molecule has 3 amide bonds. The molecule has 2 heterocycles. The molecular formula is C25H30N2O11. The van der Waals surface area contributed by atoms with Crippen LogP contribution in [0.25, 0.3) is 0 Å². The van der Waals surface area contributed by atoms with E-state index in [1.54, 1.807) is 24.3 Å². The molecule has 0 bridgehead atoms. The summed E-state index contributed by atoms with van der Waals surface area (Å²) in [7, 11) is 0. The Balaban J connectivity index is 1.74. The van der Waals surface area contributed by atoms with Gasteiger partial charge < -0.3 is 29.0 Å². The normalized spacial score (nSPS) is 24.4. The number of carbonyl (C=O) groups excluding carboxylic acids is 6. The van der Waals surface area contributed by atoms with Crippen molar-refractivity contribution in [2.45, 2.75) is 64.8 Å². The van der Waals surface area contributed by atoms with Gasteiger partial charge in [0.15, 0.2) is 18.5 Å². The van der Waals surface area contributed by atoms with Crippen molar-refractivity contribution < 1.29 is 52.5 Å². The second kappa shape index (κ2) is 12.6. The van der Waals surface area contributed by atoms with Crippen molar-refractivity contribution in [1.82, 2.24) is 10.2 Å². The van der Waals surface area contributed by atoms with Gasteiger partial charge in [0.1, 0.15) is 18.8 Å². The van der Waals surface area contributed by atoms with Crippen LogP contribution in [0, 0.1) is 0 Å². The molecule has 1 fully saturated rings. The molecule has 13 nitrogen and oxygen atoms in total. The van der Waals surface area contributed by atoms with Gasteiger partial charge in [-0.2, -0.15) is 0 Å². The fourth-order valence-corrected chi connectivity index (χ4v) is 4.30. The molecule has 2 aliphatic heterocycles. The summed E-state index contributed by atoms with van der Waals surface area (Å²) in [5.74, 6) is -3.38. The van der Waals surface area contributed by atoms with Crippen LogP contribution in [0.2, 0.25) is 0 Å². The third kappa shape index (κ3) is 6.92. The van der Waals surface area contributed by atoms with Crippen LogP contribution in [0.15, 0.2) is 24.3 Å². The van der Waals surface area contributed by atoms with E-state index in [1.807, 2.05) is 0 Å². The Morgan fingerprint density at radius 3 is 2.00 bits per heavy atom. The summed E-state index contributed by atoms with van der Waals surface area (Å²) in [6.07, 6.45) is -4.57. The Labute approximate surface area is 218 Å². The van der Waals surface area contributed by atoms with E-state index in [2.05, 4.69) is 5.32 Å². The van der Waals surface area contributed by atoms with Gasteiger partial charge in [0, 0.05) is 34.2 Å². The van der Waals surface area contributed by atoms with Gasteiger partial charge in [-0.1, -0.05) is 12.1 Å². The Hall–Kier alpha value is -3.84. The van der Waals surface area contributed by atoms with Crippen LogP contribution in [0.1, 0.15) is 54.8 Å². The van der Waals surface area contributed by atoms with Crippen molar-refractivity contribution in [3.05, 3.63) is 35.4 Å². The van der Waals surface area contributed by atoms with Gasteiger partial charge in [-0.3, -0.25) is 33.7 Å². The molecule has 2 aliphatic rings. The highest BCUT2D eigenvalue weighted by molar-refractivity contribution is 6.21. The fraction of sp³-hybridized carbons (Fsp3) is 0.520. The third-order valence-corrected chi connectivity index (χ3v) is 5.76. The average Bonchev–Trinajstić information content (AvgIpc) is 3.08. The van der Waals surface area contributed by atoms with Crippen LogP contribution in [0.5, 0.6) is 0 Å². The van der Waals surface area contributed by atoms with Gasteiger partial charge >= 0.3 is 17.9 Å². The van der Waals surface area contributed by atoms with Crippen molar-refractivity contribution in [1.29, 1.82) is 0 Å². The molecule has 13 heteroatoms.